The lowest BCUT2D eigenvalue weighted by atomic mass is 10.2. The molecule has 11 heteroatoms. The normalized spacial score (nSPS) is 13.7. The number of nitrogens with one attached hydrogen (secondary N) is 2. The minimum Gasteiger partial charge on any atom is -0.350 e. The molecule has 0 saturated carbocycles. The maximum absolute atomic E-state index is 12.9. The molecule has 1 aliphatic heterocycles. The molecule has 0 spiro atoms. The van der Waals surface area contributed by atoms with E-state index in [1.807, 2.05) is 0 Å². The number of benzene rings is 2. The van der Waals surface area contributed by atoms with Crippen molar-refractivity contribution in [3.8, 4) is 0 Å². The summed E-state index contributed by atoms with van der Waals surface area (Å²) in [7, 11) is 0. The molecule has 0 bridgehead atoms. The van der Waals surface area contributed by atoms with E-state index in [9.17, 15) is 14.4 Å². The first kappa shape index (κ1) is 21.3. The number of thiazole rings is 1. The number of rotatable bonds is 5. The second-order valence-corrected chi connectivity index (χ2v) is 8.40. The zero-order valence-electron chi connectivity index (χ0n) is 15.4. The molecule has 3 amide bonds. The molecule has 2 aromatic carbocycles. The number of carbonyl (C=O) groups is 3. The molecule has 1 aliphatic rings. The van der Waals surface area contributed by atoms with E-state index in [4.69, 9.17) is 34.8 Å². The van der Waals surface area contributed by atoms with Crippen molar-refractivity contribution in [1.82, 2.24) is 4.98 Å². The molecular formula is C20H11Cl3N4O3S. The van der Waals surface area contributed by atoms with Crippen molar-refractivity contribution in [2.45, 2.75) is 0 Å². The summed E-state index contributed by atoms with van der Waals surface area (Å²) in [4.78, 5) is 42.8. The van der Waals surface area contributed by atoms with Gasteiger partial charge in [0.2, 0.25) is 0 Å². The minimum absolute atomic E-state index is 0.125. The predicted octanol–water partition coefficient (Wildman–Crippen LogP) is 5.14. The van der Waals surface area contributed by atoms with Crippen LogP contribution < -0.4 is 15.5 Å². The molecule has 7 nitrogen and oxygen atoms in total. The van der Waals surface area contributed by atoms with Crippen LogP contribution in [0, 0.1) is 0 Å². The Labute approximate surface area is 195 Å². The highest BCUT2D eigenvalue weighted by Gasteiger charge is 2.39. The van der Waals surface area contributed by atoms with Crippen molar-refractivity contribution in [2.24, 2.45) is 0 Å². The molecule has 0 saturated heterocycles. The van der Waals surface area contributed by atoms with Crippen molar-refractivity contribution < 1.29 is 14.4 Å². The largest absolute Gasteiger partial charge is 0.350 e. The van der Waals surface area contributed by atoms with Gasteiger partial charge in [-0.05, 0) is 36.4 Å². The van der Waals surface area contributed by atoms with E-state index in [-0.39, 0.29) is 32.4 Å². The molecule has 31 heavy (non-hydrogen) atoms. The lowest BCUT2D eigenvalue weighted by molar-refractivity contribution is -0.120. The van der Waals surface area contributed by atoms with Gasteiger partial charge >= 0.3 is 0 Å². The number of amides is 3. The lowest BCUT2D eigenvalue weighted by Crippen LogP contribution is -2.32. The molecule has 2 heterocycles. The van der Waals surface area contributed by atoms with Crippen LogP contribution >= 0.6 is 46.1 Å². The summed E-state index contributed by atoms with van der Waals surface area (Å²) in [6.45, 7) is 0. The maximum Gasteiger partial charge on any atom is 0.283 e. The van der Waals surface area contributed by atoms with E-state index in [0.717, 1.165) is 4.90 Å². The van der Waals surface area contributed by atoms with Crippen LogP contribution in [0.25, 0.3) is 0 Å². The average Bonchev–Trinajstić information content (AvgIpc) is 3.30. The fourth-order valence-electron chi connectivity index (χ4n) is 2.85. The van der Waals surface area contributed by atoms with Crippen molar-refractivity contribution in [3.63, 3.8) is 0 Å². The number of hydrogen-bond donors (Lipinski definition) is 2. The fraction of sp³-hybridized carbons (Fsp3) is 0. The number of halogens is 3. The first-order chi connectivity index (χ1) is 14.8. The van der Waals surface area contributed by atoms with Crippen LogP contribution in [-0.2, 0) is 9.59 Å². The Morgan fingerprint density at radius 3 is 2.42 bits per heavy atom. The SMILES string of the molecule is O=C(Nc1nccs1)c1cccc(NC2=C(Cl)C(=O)N(c3cc(Cl)cc(Cl)c3)C2=O)c1. The summed E-state index contributed by atoms with van der Waals surface area (Å²) in [5.74, 6) is -1.76. The molecule has 0 unspecified atom stereocenters. The number of nitrogens with zero attached hydrogens (tertiary/aromatic N) is 2. The summed E-state index contributed by atoms with van der Waals surface area (Å²) < 4.78 is 0. The third-order valence-electron chi connectivity index (χ3n) is 4.18. The van der Waals surface area contributed by atoms with E-state index < -0.39 is 11.8 Å². The van der Waals surface area contributed by atoms with Gasteiger partial charge < -0.3 is 5.32 Å². The average molecular weight is 494 g/mol. The highest BCUT2D eigenvalue weighted by Crippen LogP contribution is 2.33. The molecule has 0 fully saturated rings. The van der Waals surface area contributed by atoms with Gasteiger partial charge in [0.1, 0.15) is 10.7 Å². The van der Waals surface area contributed by atoms with Gasteiger partial charge in [-0.1, -0.05) is 40.9 Å². The Morgan fingerprint density at radius 2 is 1.74 bits per heavy atom. The van der Waals surface area contributed by atoms with Crippen LogP contribution in [0.2, 0.25) is 10.0 Å². The molecule has 1 aromatic heterocycles. The maximum atomic E-state index is 12.9. The van der Waals surface area contributed by atoms with Gasteiger partial charge in [-0.15, -0.1) is 11.3 Å². The smallest absolute Gasteiger partial charge is 0.283 e. The standard InChI is InChI=1S/C20H11Cl3N4O3S/c21-11-7-12(22)9-14(8-11)27-18(29)15(23)16(19(27)30)25-13-3-1-2-10(6-13)17(28)26-20-24-4-5-31-20/h1-9,25H,(H,24,26,28). The Hall–Kier alpha value is -2.91. The van der Waals surface area contributed by atoms with Gasteiger partial charge in [0.15, 0.2) is 5.13 Å². The first-order valence-electron chi connectivity index (χ1n) is 8.66. The molecule has 156 valence electrons. The van der Waals surface area contributed by atoms with Crippen LogP contribution in [-0.4, -0.2) is 22.7 Å². The Bertz CT molecular complexity index is 1220. The highest BCUT2D eigenvalue weighted by atomic mass is 35.5. The van der Waals surface area contributed by atoms with Crippen molar-refractivity contribution in [3.05, 3.63) is 80.4 Å². The van der Waals surface area contributed by atoms with Gasteiger partial charge in [0.25, 0.3) is 17.7 Å². The molecular weight excluding hydrogens is 483 g/mol. The van der Waals surface area contributed by atoms with Gasteiger partial charge in [-0.3, -0.25) is 19.7 Å². The summed E-state index contributed by atoms with van der Waals surface area (Å²) in [5.41, 5.74) is 0.790. The first-order valence-corrected chi connectivity index (χ1v) is 10.7. The molecule has 4 rings (SSSR count). The topological polar surface area (TPSA) is 91.4 Å². The summed E-state index contributed by atoms with van der Waals surface area (Å²) >= 11 is 19.4. The Kier molecular flexibility index (Phi) is 5.97. The van der Waals surface area contributed by atoms with Crippen LogP contribution in [0.1, 0.15) is 10.4 Å². The zero-order chi connectivity index (χ0) is 22.1. The van der Waals surface area contributed by atoms with Gasteiger partial charge in [0.05, 0.1) is 5.69 Å². The fourth-order valence-corrected chi connectivity index (χ4v) is 4.10. The third-order valence-corrected chi connectivity index (χ3v) is 5.66. The van der Waals surface area contributed by atoms with Gasteiger partial charge in [0, 0.05) is 32.9 Å². The third kappa shape index (κ3) is 4.42. The van der Waals surface area contributed by atoms with Crippen molar-refractivity contribution >= 4 is 80.4 Å². The molecule has 0 atom stereocenters. The van der Waals surface area contributed by atoms with Crippen LogP contribution in [0.5, 0.6) is 0 Å². The van der Waals surface area contributed by atoms with Crippen molar-refractivity contribution in [2.75, 3.05) is 15.5 Å². The zero-order valence-corrected chi connectivity index (χ0v) is 18.4. The Balaban J connectivity index is 1.57. The number of anilines is 3. The predicted molar refractivity (Wildman–Crippen MR) is 122 cm³/mol. The van der Waals surface area contributed by atoms with Gasteiger partial charge in [-0.25, -0.2) is 9.88 Å². The molecule has 0 radical (unpaired) electrons. The van der Waals surface area contributed by atoms with E-state index in [2.05, 4.69) is 15.6 Å². The van der Waals surface area contributed by atoms with E-state index in [1.54, 1.807) is 29.8 Å². The van der Waals surface area contributed by atoms with Crippen LogP contribution in [0.3, 0.4) is 0 Å². The minimum atomic E-state index is -0.717. The molecule has 3 aromatic rings. The van der Waals surface area contributed by atoms with Crippen molar-refractivity contribution in [1.29, 1.82) is 0 Å². The molecule has 0 aliphatic carbocycles. The van der Waals surface area contributed by atoms with E-state index in [0.29, 0.717) is 16.4 Å². The summed E-state index contributed by atoms with van der Waals surface area (Å²) in [6, 6.07) is 10.7. The number of carbonyl (C=O) groups excluding carboxylic acids is 3. The van der Waals surface area contributed by atoms with E-state index in [1.165, 1.54) is 35.6 Å². The summed E-state index contributed by atoms with van der Waals surface area (Å²) in [6.07, 6.45) is 1.58. The number of imide groups is 1. The quantitative estimate of drug-likeness (QED) is 0.480. The monoisotopic (exact) mass is 492 g/mol. The number of aromatic nitrogens is 1. The second-order valence-electron chi connectivity index (χ2n) is 6.26. The molecule has 2 N–H and O–H groups in total. The number of hydrogen-bond acceptors (Lipinski definition) is 6. The van der Waals surface area contributed by atoms with Gasteiger partial charge in [-0.2, -0.15) is 0 Å². The Morgan fingerprint density at radius 1 is 1.00 bits per heavy atom. The highest BCUT2D eigenvalue weighted by molar-refractivity contribution is 7.13. The van der Waals surface area contributed by atoms with Crippen LogP contribution in [0.4, 0.5) is 16.5 Å². The van der Waals surface area contributed by atoms with E-state index >= 15 is 0 Å². The second kappa shape index (κ2) is 8.68. The van der Waals surface area contributed by atoms with Crippen LogP contribution in [0.15, 0.2) is 64.8 Å². The summed E-state index contributed by atoms with van der Waals surface area (Å²) in [5, 5.41) is 7.94. The lowest BCUT2D eigenvalue weighted by Gasteiger charge is -2.16.